The second-order valence-electron chi connectivity index (χ2n) is 4.90. The van der Waals surface area contributed by atoms with Gasteiger partial charge in [-0.3, -0.25) is 4.79 Å². The summed E-state index contributed by atoms with van der Waals surface area (Å²) in [7, 11) is 0. The van der Waals surface area contributed by atoms with Gasteiger partial charge in [0.05, 0.1) is 6.10 Å². The quantitative estimate of drug-likeness (QED) is 0.587. The van der Waals surface area contributed by atoms with Gasteiger partial charge in [-0.2, -0.15) is 0 Å². The van der Waals surface area contributed by atoms with Crippen LogP contribution in [0.25, 0.3) is 0 Å². The van der Waals surface area contributed by atoms with Crippen molar-refractivity contribution in [3.8, 4) is 0 Å². The first kappa shape index (κ1) is 13.7. The third-order valence-electron chi connectivity index (χ3n) is 3.29. The number of unbranched alkanes of at least 4 members (excludes halogenated alkanes) is 5. The molecule has 0 aromatic rings. The van der Waals surface area contributed by atoms with Gasteiger partial charge in [0.15, 0.2) is 0 Å². The van der Waals surface area contributed by atoms with E-state index in [1.165, 1.54) is 32.1 Å². The summed E-state index contributed by atoms with van der Waals surface area (Å²) in [6.45, 7) is 3.09. The molecule has 1 aliphatic rings. The largest absolute Gasteiger partial charge is 0.378 e. The summed E-state index contributed by atoms with van der Waals surface area (Å²) < 4.78 is 5.74. The van der Waals surface area contributed by atoms with Crippen molar-refractivity contribution >= 4 is 5.78 Å². The molecule has 0 aromatic carbocycles. The third kappa shape index (κ3) is 6.26. The minimum atomic E-state index is 0.233. The van der Waals surface area contributed by atoms with E-state index in [1.54, 1.807) is 0 Å². The molecule has 1 atom stereocenters. The summed E-state index contributed by atoms with van der Waals surface area (Å²) in [6.07, 6.45) is 11.6. The Kier molecular flexibility index (Phi) is 7.48. The zero-order chi connectivity index (χ0) is 11.6. The van der Waals surface area contributed by atoms with Gasteiger partial charge in [-0.1, -0.05) is 39.0 Å². The van der Waals surface area contributed by atoms with Crippen LogP contribution in [0.15, 0.2) is 0 Å². The summed E-state index contributed by atoms with van der Waals surface area (Å²) in [4.78, 5) is 11.2. The third-order valence-corrected chi connectivity index (χ3v) is 3.29. The molecule has 0 radical (unpaired) electrons. The molecule has 0 amide bonds. The van der Waals surface area contributed by atoms with E-state index in [0.29, 0.717) is 12.2 Å². The number of ether oxygens (including phenoxy) is 1. The van der Waals surface area contributed by atoms with Crippen molar-refractivity contribution in [3.05, 3.63) is 0 Å². The lowest BCUT2D eigenvalue weighted by atomic mass is 9.96. The molecule has 0 N–H and O–H groups in total. The lowest BCUT2D eigenvalue weighted by Crippen LogP contribution is -2.23. The van der Waals surface area contributed by atoms with E-state index < -0.39 is 0 Å². The molecule has 0 saturated heterocycles. The van der Waals surface area contributed by atoms with Crippen LogP contribution in [-0.2, 0) is 9.53 Å². The predicted octanol–water partition coefficient (Wildman–Crippen LogP) is 3.88. The number of carbonyl (C=O) groups excluding carboxylic acids is 1. The summed E-state index contributed by atoms with van der Waals surface area (Å²) in [5, 5.41) is 0. The molecular formula is C14H26O2. The van der Waals surface area contributed by atoms with Crippen LogP contribution in [0.1, 0.15) is 71.1 Å². The van der Waals surface area contributed by atoms with E-state index >= 15 is 0 Å². The Balaban J connectivity index is 1.88. The maximum Gasteiger partial charge on any atom is 0.135 e. The maximum absolute atomic E-state index is 11.2. The molecule has 2 nitrogen and oxygen atoms in total. The zero-order valence-electron chi connectivity index (χ0n) is 10.7. The van der Waals surface area contributed by atoms with Crippen LogP contribution in [-0.4, -0.2) is 18.5 Å². The van der Waals surface area contributed by atoms with Gasteiger partial charge in [-0.05, 0) is 19.3 Å². The number of ketones is 1. The van der Waals surface area contributed by atoms with Gasteiger partial charge >= 0.3 is 0 Å². The Hall–Kier alpha value is -0.370. The average molecular weight is 226 g/mol. The molecule has 94 valence electrons. The second-order valence-corrected chi connectivity index (χ2v) is 4.90. The first-order chi connectivity index (χ1) is 7.83. The molecule has 0 aliphatic heterocycles. The molecular weight excluding hydrogens is 200 g/mol. The van der Waals surface area contributed by atoms with E-state index in [-0.39, 0.29) is 6.10 Å². The van der Waals surface area contributed by atoms with Gasteiger partial charge in [-0.15, -0.1) is 0 Å². The Bertz CT molecular complexity index is 189. The van der Waals surface area contributed by atoms with Crippen molar-refractivity contribution in [2.24, 2.45) is 0 Å². The maximum atomic E-state index is 11.2. The highest BCUT2D eigenvalue weighted by molar-refractivity contribution is 5.79. The summed E-state index contributed by atoms with van der Waals surface area (Å²) in [6, 6.07) is 0. The summed E-state index contributed by atoms with van der Waals surface area (Å²) >= 11 is 0. The van der Waals surface area contributed by atoms with E-state index in [2.05, 4.69) is 6.92 Å². The minimum absolute atomic E-state index is 0.233. The standard InChI is InChI=1S/C14H26O2/c1-2-3-4-5-6-7-11-16-14-10-8-9-13(15)12-14/h14H,2-12H2,1H3. The minimum Gasteiger partial charge on any atom is -0.378 e. The molecule has 0 aromatic heterocycles. The topological polar surface area (TPSA) is 26.3 Å². The van der Waals surface area contributed by atoms with E-state index in [9.17, 15) is 4.79 Å². The summed E-state index contributed by atoms with van der Waals surface area (Å²) in [5.74, 6) is 0.388. The van der Waals surface area contributed by atoms with Crippen molar-refractivity contribution in [1.29, 1.82) is 0 Å². The Morgan fingerprint density at radius 2 is 1.94 bits per heavy atom. The fraction of sp³-hybridized carbons (Fsp3) is 0.929. The molecule has 1 unspecified atom stereocenters. The van der Waals surface area contributed by atoms with Crippen molar-refractivity contribution in [3.63, 3.8) is 0 Å². The van der Waals surface area contributed by atoms with Gasteiger partial charge in [0, 0.05) is 19.4 Å². The Morgan fingerprint density at radius 1 is 1.19 bits per heavy atom. The second kappa shape index (κ2) is 8.74. The van der Waals surface area contributed by atoms with Gasteiger partial charge in [0.25, 0.3) is 0 Å². The van der Waals surface area contributed by atoms with Crippen molar-refractivity contribution < 1.29 is 9.53 Å². The van der Waals surface area contributed by atoms with Gasteiger partial charge in [0.1, 0.15) is 5.78 Å². The number of hydrogen-bond acceptors (Lipinski definition) is 2. The molecule has 0 heterocycles. The lowest BCUT2D eigenvalue weighted by molar-refractivity contribution is -0.124. The summed E-state index contributed by atoms with van der Waals surface area (Å²) in [5.41, 5.74) is 0. The normalized spacial score (nSPS) is 21.3. The molecule has 0 bridgehead atoms. The molecule has 1 aliphatic carbocycles. The first-order valence-electron chi connectivity index (χ1n) is 6.96. The van der Waals surface area contributed by atoms with Crippen LogP contribution in [0.5, 0.6) is 0 Å². The highest BCUT2D eigenvalue weighted by atomic mass is 16.5. The van der Waals surface area contributed by atoms with Gasteiger partial charge in [0.2, 0.25) is 0 Å². The lowest BCUT2D eigenvalue weighted by Gasteiger charge is -2.21. The molecule has 1 rings (SSSR count). The fourth-order valence-corrected chi connectivity index (χ4v) is 2.26. The number of hydrogen-bond donors (Lipinski definition) is 0. The first-order valence-corrected chi connectivity index (χ1v) is 6.96. The highest BCUT2D eigenvalue weighted by Crippen LogP contribution is 2.18. The number of rotatable bonds is 8. The van der Waals surface area contributed by atoms with Crippen molar-refractivity contribution in [2.45, 2.75) is 77.2 Å². The van der Waals surface area contributed by atoms with Crippen LogP contribution < -0.4 is 0 Å². The van der Waals surface area contributed by atoms with Crippen LogP contribution in [0.4, 0.5) is 0 Å². The fourth-order valence-electron chi connectivity index (χ4n) is 2.26. The highest BCUT2D eigenvalue weighted by Gasteiger charge is 2.19. The Morgan fingerprint density at radius 3 is 2.69 bits per heavy atom. The van der Waals surface area contributed by atoms with E-state index in [4.69, 9.17) is 4.74 Å². The van der Waals surface area contributed by atoms with E-state index in [0.717, 1.165) is 32.3 Å². The van der Waals surface area contributed by atoms with Crippen LogP contribution in [0.2, 0.25) is 0 Å². The SMILES string of the molecule is CCCCCCCCOC1CCCC(=O)C1. The van der Waals surface area contributed by atoms with Crippen LogP contribution in [0, 0.1) is 0 Å². The van der Waals surface area contributed by atoms with Crippen molar-refractivity contribution in [1.82, 2.24) is 0 Å². The number of carbonyl (C=O) groups is 1. The number of Topliss-reactive ketones (excluding diaryl/α,β-unsaturated/α-hetero) is 1. The Labute approximate surface area is 99.8 Å². The van der Waals surface area contributed by atoms with Gasteiger partial charge in [-0.25, -0.2) is 0 Å². The van der Waals surface area contributed by atoms with E-state index in [1.807, 2.05) is 0 Å². The smallest absolute Gasteiger partial charge is 0.135 e. The van der Waals surface area contributed by atoms with Crippen LogP contribution >= 0.6 is 0 Å². The van der Waals surface area contributed by atoms with Crippen LogP contribution in [0.3, 0.4) is 0 Å². The van der Waals surface area contributed by atoms with Crippen molar-refractivity contribution in [2.75, 3.05) is 6.61 Å². The molecule has 1 fully saturated rings. The van der Waals surface area contributed by atoms with Gasteiger partial charge < -0.3 is 4.74 Å². The molecule has 0 spiro atoms. The predicted molar refractivity (Wildman–Crippen MR) is 66.6 cm³/mol. The zero-order valence-corrected chi connectivity index (χ0v) is 10.7. The molecule has 1 saturated carbocycles. The molecule has 2 heteroatoms. The average Bonchev–Trinajstić information content (AvgIpc) is 2.28. The molecule has 16 heavy (non-hydrogen) atoms. The monoisotopic (exact) mass is 226 g/mol.